The minimum atomic E-state index is -0.796. The highest BCUT2D eigenvalue weighted by atomic mass is 16.5. The molecule has 0 aromatic heterocycles. The second kappa shape index (κ2) is 6.83. The predicted molar refractivity (Wildman–Crippen MR) is 58.9 cm³/mol. The fraction of sp³-hybridized carbons (Fsp3) is 0.700. The summed E-state index contributed by atoms with van der Waals surface area (Å²) in [6.45, 7) is 2.34. The molecule has 1 atom stereocenters. The Balaban J connectivity index is 2.23. The first-order valence-corrected chi connectivity index (χ1v) is 5.36. The third-order valence-corrected chi connectivity index (χ3v) is 2.37. The minimum Gasteiger partial charge on any atom is -0.374 e. The van der Waals surface area contributed by atoms with Gasteiger partial charge in [0.2, 0.25) is 0 Å². The SMILES string of the molecule is CN1CCOC(CNC(=O)C(=O)NCC#N)C1. The van der Waals surface area contributed by atoms with Crippen molar-refractivity contribution in [1.82, 2.24) is 15.5 Å². The average molecular weight is 240 g/mol. The molecular formula is C10H16N4O3. The van der Waals surface area contributed by atoms with E-state index < -0.39 is 11.8 Å². The van der Waals surface area contributed by atoms with Crippen LogP contribution in [0.5, 0.6) is 0 Å². The highest BCUT2D eigenvalue weighted by Crippen LogP contribution is 2.01. The summed E-state index contributed by atoms with van der Waals surface area (Å²) >= 11 is 0. The van der Waals surface area contributed by atoms with E-state index in [1.165, 1.54) is 0 Å². The van der Waals surface area contributed by atoms with E-state index in [1.807, 2.05) is 7.05 Å². The van der Waals surface area contributed by atoms with Crippen LogP contribution in [0.25, 0.3) is 0 Å². The molecule has 1 fully saturated rings. The number of rotatable bonds is 3. The van der Waals surface area contributed by atoms with E-state index in [-0.39, 0.29) is 12.6 Å². The maximum Gasteiger partial charge on any atom is 0.310 e. The molecule has 1 unspecified atom stereocenters. The Hall–Kier alpha value is -1.65. The Labute approximate surface area is 99.7 Å². The van der Waals surface area contributed by atoms with Crippen molar-refractivity contribution in [2.24, 2.45) is 0 Å². The highest BCUT2D eigenvalue weighted by Gasteiger charge is 2.20. The second-order valence-corrected chi connectivity index (χ2v) is 3.81. The summed E-state index contributed by atoms with van der Waals surface area (Å²) in [7, 11) is 1.97. The Kier molecular flexibility index (Phi) is 5.39. The van der Waals surface area contributed by atoms with Crippen molar-refractivity contribution < 1.29 is 14.3 Å². The normalized spacial score (nSPS) is 20.4. The van der Waals surface area contributed by atoms with Gasteiger partial charge in [-0.3, -0.25) is 9.59 Å². The molecule has 0 aromatic carbocycles. The molecule has 0 radical (unpaired) electrons. The number of amides is 2. The number of carbonyl (C=O) groups excluding carboxylic acids is 2. The Bertz CT molecular complexity index is 326. The first-order valence-electron chi connectivity index (χ1n) is 5.36. The molecule has 1 saturated heterocycles. The Morgan fingerprint density at radius 3 is 2.82 bits per heavy atom. The lowest BCUT2D eigenvalue weighted by Gasteiger charge is -2.29. The van der Waals surface area contributed by atoms with Crippen molar-refractivity contribution in [3.05, 3.63) is 0 Å². The fourth-order valence-corrected chi connectivity index (χ4v) is 1.48. The molecule has 0 bridgehead atoms. The van der Waals surface area contributed by atoms with Crippen LogP contribution in [-0.4, -0.2) is 62.7 Å². The molecule has 7 nitrogen and oxygen atoms in total. The highest BCUT2D eigenvalue weighted by molar-refractivity contribution is 6.35. The van der Waals surface area contributed by atoms with Gasteiger partial charge in [0, 0.05) is 19.6 Å². The molecule has 0 aromatic rings. The molecular weight excluding hydrogens is 224 g/mol. The van der Waals surface area contributed by atoms with Gasteiger partial charge in [0.25, 0.3) is 0 Å². The minimum absolute atomic E-state index is 0.0959. The molecule has 1 heterocycles. The topological polar surface area (TPSA) is 94.5 Å². The lowest BCUT2D eigenvalue weighted by Crippen LogP contribution is -2.48. The van der Waals surface area contributed by atoms with E-state index in [2.05, 4.69) is 15.5 Å². The van der Waals surface area contributed by atoms with Crippen LogP contribution < -0.4 is 10.6 Å². The number of nitriles is 1. The molecule has 1 aliphatic heterocycles. The first-order chi connectivity index (χ1) is 8.13. The monoisotopic (exact) mass is 240 g/mol. The number of likely N-dealkylation sites (N-methyl/N-ethyl adjacent to an activating group) is 1. The van der Waals surface area contributed by atoms with E-state index in [9.17, 15) is 9.59 Å². The van der Waals surface area contributed by atoms with Crippen molar-refractivity contribution in [1.29, 1.82) is 5.26 Å². The van der Waals surface area contributed by atoms with Gasteiger partial charge in [-0.2, -0.15) is 5.26 Å². The summed E-state index contributed by atoms with van der Waals surface area (Å²) in [5.74, 6) is -1.53. The summed E-state index contributed by atoms with van der Waals surface area (Å²) in [5, 5.41) is 12.9. The summed E-state index contributed by atoms with van der Waals surface area (Å²) in [5.41, 5.74) is 0. The number of hydrogen-bond donors (Lipinski definition) is 2. The molecule has 2 N–H and O–H groups in total. The van der Waals surface area contributed by atoms with Crippen molar-refractivity contribution >= 4 is 11.8 Å². The number of carbonyl (C=O) groups is 2. The lowest BCUT2D eigenvalue weighted by atomic mass is 10.3. The van der Waals surface area contributed by atoms with Crippen molar-refractivity contribution in [3.63, 3.8) is 0 Å². The summed E-state index contributed by atoms with van der Waals surface area (Å²) in [4.78, 5) is 24.5. The molecule has 1 aliphatic rings. The summed E-state index contributed by atoms with van der Waals surface area (Å²) in [6, 6.07) is 1.72. The van der Waals surface area contributed by atoms with Crippen LogP contribution in [0.4, 0.5) is 0 Å². The van der Waals surface area contributed by atoms with E-state index in [0.29, 0.717) is 13.2 Å². The zero-order valence-electron chi connectivity index (χ0n) is 9.73. The third-order valence-electron chi connectivity index (χ3n) is 2.37. The van der Waals surface area contributed by atoms with E-state index in [4.69, 9.17) is 10.00 Å². The molecule has 0 aliphatic carbocycles. The third kappa shape index (κ3) is 4.80. The number of hydrogen-bond acceptors (Lipinski definition) is 5. The molecule has 7 heteroatoms. The van der Waals surface area contributed by atoms with E-state index >= 15 is 0 Å². The van der Waals surface area contributed by atoms with Gasteiger partial charge < -0.3 is 20.3 Å². The smallest absolute Gasteiger partial charge is 0.310 e. The molecule has 0 saturated carbocycles. The van der Waals surface area contributed by atoms with Gasteiger partial charge in [-0.15, -0.1) is 0 Å². The summed E-state index contributed by atoms with van der Waals surface area (Å²) in [6.07, 6.45) is -0.0959. The van der Waals surface area contributed by atoms with Crippen LogP contribution in [0, 0.1) is 11.3 Å². The van der Waals surface area contributed by atoms with Gasteiger partial charge >= 0.3 is 11.8 Å². The van der Waals surface area contributed by atoms with Crippen molar-refractivity contribution in [2.75, 3.05) is 39.8 Å². The van der Waals surface area contributed by atoms with Gasteiger partial charge in [-0.25, -0.2) is 0 Å². The fourth-order valence-electron chi connectivity index (χ4n) is 1.48. The van der Waals surface area contributed by atoms with Crippen LogP contribution in [0.2, 0.25) is 0 Å². The Morgan fingerprint density at radius 2 is 2.18 bits per heavy atom. The van der Waals surface area contributed by atoms with Gasteiger partial charge in [0.1, 0.15) is 6.54 Å². The standard InChI is InChI=1S/C10H16N4O3/c1-14-4-5-17-8(7-14)6-13-10(16)9(15)12-3-2-11/h8H,3-7H2,1H3,(H,12,15)(H,13,16). The second-order valence-electron chi connectivity index (χ2n) is 3.81. The lowest BCUT2D eigenvalue weighted by molar-refractivity contribution is -0.139. The molecule has 17 heavy (non-hydrogen) atoms. The van der Waals surface area contributed by atoms with E-state index in [0.717, 1.165) is 13.1 Å². The zero-order valence-corrected chi connectivity index (χ0v) is 9.73. The molecule has 94 valence electrons. The maximum atomic E-state index is 11.3. The quantitative estimate of drug-likeness (QED) is 0.442. The average Bonchev–Trinajstić information content (AvgIpc) is 2.33. The molecule has 2 amide bonds. The van der Waals surface area contributed by atoms with Crippen LogP contribution in [0.1, 0.15) is 0 Å². The predicted octanol–water partition coefficient (Wildman–Crippen LogP) is -1.93. The van der Waals surface area contributed by atoms with Crippen LogP contribution in [0.3, 0.4) is 0 Å². The largest absolute Gasteiger partial charge is 0.374 e. The van der Waals surface area contributed by atoms with Gasteiger partial charge in [0.05, 0.1) is 18.8 Å². The van der Waals surface area contributed by atoms with Gasteiger partial charge in [-0.05, 0) is 7.05 Å². The maximum absolute atomic E-state index is 11.3. The van der Waals surface area contributed by atoms with Gasteiger partial charge in [-0.1, -0.05) is 0 Å². The Morgan fingerprint density at radius 1 is 1.47 bits per heavy atom. The van der Waals surface area contributed by atoms with Gasteiger partial charge in [0.15, 0.2) is 0 Å². The van der Waals surface area contributed by atoms with Crippen LogP contribution in [0.15, 0.2) is 0 Å². The number of nitrogens with one attached hydrogen (secondary N) is 2. The van der Waals surface area contributed by atoms with Crippen LogP contribution in [-0.2, 0) is 14.3 Å². The van der Waals surface area contributed by atoms with Crippen molar-refractivity contribution in [2.45, 2.75) is 6.10 Å². The number of morpholine rings is 1. The number of nitrogens with zero attached hydrogens (tertiary/aromatic N) is 2. The van der Waals surface area contributed by atoms with E-state index in [1.54, 1.807) is 6.07 Å². The first kappa shape index (κ1) is 13.4. The van der Waals surface area contributed by atoms with Crippen molar-refractivity contribution in [3.8, 4) is 6.07 Å². The molecule has 1 rings (SSSR count). The number of ether oxygens (including phenoxy) is 1. The molecule has 0 spiro atoms. The van der Waals surface area contributed by atoms with Crippen LogP contribution >= 0.6 is 0 Å². The zero-order chi connectivity index (χ0) is 12.7. The summed E-state index contributed by atoms with van der Waals surface area (Å²) < 4.78 is 5.42.